The summed E-state index contributed by atoms with van der Waals surface area (Å²) in [6.45, 7) is 0.117. The van der Waals surface area contributed by atoms with Crippen molar-refractivity contribution in [2.45, 2.75) is 11.4 Å². The standard InChI is InChI=1S/C25H20N6O2S/c26-25-24(34(32,33)31-15-17-3-8-27-9-4-17)14-20(16-30-25)19-1-2-23-22(13-19)21(7-12-29-23)18-5-10-28-11-6-18/h1-14,16,31H,15H2,(H2,26,30). The first-order chi connectivity index (χ1) is 16.5. The highest BCUT2D eigenvalue weighted by molar-refractivity contribution is 7.89. The average Bonchev–Trinajstić information content (AvgIpc) is 2.88. The molecular weight excluding hydrogens is 448 g/mol. The number of pyridine rings is 4. The first-order valence-electron chi connectivity index (χ1n) is 10.4. The molecule has 0 saturated carbocycles. The van der Waals surface area contributed by atoms with Gasteiger partial charge in [-0.05, 0) is 70.8 Å². The molecule has 168 valence electrons. The Morgan fingerprint density at radius 2 is 1.50 bits per heavy atom. The zero-order chi connectivity index (χ0) is 23.5. The van der Waals surface area contributed by atoms with Gasteiger partial charge >= 0.3 is 0 Å². The van der Waals surface area contributed by atoms with E-state index in [2.05, 4.69) is 24.7 Å². The Bertz CT molecular complexity index is 1580. The minimum atomic E-state index is -3.89. The van der Waals surface area contributed by atoms with Gasteiger partial charge in [-0.2, -0.15) is 0 Å². The molecule has 5 aromatic rings. The molecule has 0 aliphatic heterocycles. The summed E-state index contributed by atoms with van der Waals surface area (Å²) in [5.41, 5.74) is 11.0. The molecule has 0 fully saturated rings. The molecule has 0 spiro atoms. The third-order valence-electron chi connectivity index (χ3n) is 5.45. The molecule has 1 aromatic carbocycles. The van der Waals surface area contributed by atoms with Crippen LogP contribution in [-0.4, -0.2) is 28.4 Å². The lowest BCUT2D eigenvalue weighted by molar-refractivity contribution is 0.581. The second-order valence-electron chi connectivity index (χ2n) is 7.61. The van der Waals surface area contributed by atoms with Crippen LogP contribution in [0.4, 0.5) is 5.82 Å². The van der Waals surface area contributed by atoms with Crippen molar-refractivity contribution in [2.24, 2.45) is 0 Å². The molecule has 8 nitrogen and oxygen atoms in total. The van der Waals surface area contributed by atoms with Gasteiger partial charge in [0, 0.05) is 54.7 Å². The Morgan fingerprint density at radius 1 is 0.765 bits per heavy atom. The first-order valence-corrected chi connectivity index (χ1v) is 11.9. The van der Waals surface area contributed by atoms with E-state index in [4.69, 9.17) is 5.73 Å². The van der Waals surface area contributed by atoms with Crippen molar-refractivity contribution >= 4 is 26.7 Å². The maximum atomic E-state index is 13.0. The lowest BCUT2D eigenvalue weighted by Crippen LogP contribution is -2.24. The molecule has 4 aromatic heterocycles. The summed E-state index contributed by atoms with van der Waals surface area (Å²) >= 11 is 0. The van der Waals surface area contributed by atoms with E-state index in [0.717, 1.165) is 33.2 Å². The number of fused-ring (bicyclic) bond motifs is 1. The van der Waals surface area contributed by atoms with Crippen molar-refractivity contribution < 1.29 is 8.42 Å². The molecule has 0 saturated heterocycles. The molecule has 0 bridgehead atoms. The number of hydrogen-bond donors (Lipinski definition) is 2. The number of nitrogens with zero attached hydrogens (tertiary/aromatic N) is 4. The van der Waals surface area contributed by atoms with Gasteiger partial charge in [0.2, 0.25) is 10.0 Å². The van der Waals surface area contributed by atoms with Crippen LogP contribution in [0, 0.1) is 0 Å². The van der Waals surface area contributed by atoms with Crippen molar-refractivity contribution in [3.8, 4) is 22.3 Å². The van der Waals surface area contributed by atoms with E-state index in [-0.39, 0.29) is 17.3 Å². The highest BCUT2D eigenvalue weighted by atomic mass is 32.2. The lowest BCUT2D eigenvalue weighted by atomic mass is 9.98. The number of nitrogen functional groups attached to an aromatic ring is 1. The molecule has 4 heterocycles. The first kappa shape index (κ1) is 21.6. The van der Waals surface area contributed by atoms with Crippen molar-refractivity contribution in [1.29, 1.82) is 0 Å². The fourth-order valence-electron chi connectivity index (χ4n) is 3.69. The predicted molar refractivity (Wildman–Crippen MR) is 131 cm³/mol. The van der Waals surface area contributed by atoms with Crippen LogP contribution >= 0.6 is 0 Å². The van der Waals surface area contributed by atoms with E-state index < -0.39 is 10.0 Å². The van der Waals surface area contributed by atoms with Gasteiger partial charge in [-0.1, -0.05) is 6.07 Å². The Labute approximate surface area is 196 Å². The molecule has 0 amide bonds. The van der Waals surface area contributed by atoms with Crippen molar-refractivity contribution in [3.05, 3.63) is 97.3 Å². The minimum Gasteiger partial charge on any atom is -0.383 e. The zero-order valence-electron chi connectivity index (χ0n) is 18.0. The van der Waals surface area contributed by atoms with E-state index in [1.54, 1.807) is 55.4 Å². The second-order valence-corrected chi connectivity index (χ2v) is 9.35. The van der Waals surface area contributed by atoms with Crippen LogP contribution in [0.15, 0.2) is 96.7 Å². The number of hydrogen-bond acceptors (Lipinski definition) is 7. The van der Waals surface area contributed by atoms with Crippen molar-refractivity contribution in [2.75, 3.05) is 5.73 Å². The number of aromatic nitrogens is 4. The average molecular weight is 469 g/mol. The quantitative estimate of drug-likeness (QED) is 0.388. The van der Waals surface area contributed by atoms with E-state index in [1.807, 2.05) is 36.4 Å². The fourth-order valence-corrected chi connectivity index (χ4v) is 4.82. The third-order valence-corrected chi connectivity index (χ3v) is 6.88. The van der Waals surface area contributed by atoms with Crippen LogP contribution in [-0.2, 0) is 16.6 Å². The van der Waals surface area contributed by atoms with Crippen LogP contribution in [0.5, 0.6) is 0 Å². The predicted octanol–water partition coefficient (Wildman–Crippen LogP) is 3.81. The maximum Gasteiger partial charge on any atom is 0.244 e. The fraction of sp³-hybridized carbons (Fsp3) is 0.0400. The highest BCUT2D eigenvalue weighted by Gasteiger charge is 2.20. The van der Waals surface area contributed by atoms with Gasteiger partial charge in [-0.25, -0.2) is 18.1 Å². The molecule has 3 N–H and O–H groups in total. The van der Waals surface area contributed by atoms with Crippen LogP contribution in [0.25, 0.3) is 33.2 Å². The maximum absolute atomic E-state index is 13.0. The van der Waals surface area contributed by atoms with Gasteiger partial charge in [0.15, 0.2) is 0 Å². The zero-order valence-corrected chi connectivity index (χ0v) is 18.8. The summed E-state index contributed by atoms with van der Waals surface area (Å²) in [5, 5.41) is 0.934. The van der Waals surface area contributed by atoms with Crippen LogP contribution in [0.1, 0.15) is 5.56 Å². The van der Waals surface area contributed by atoms with E-state index in [9.17, 15) is 8.42 Å². The molecule has 34 heavy (non-hydrogen) atoms. The van der Waals surface area contributed by atoms with Gasteiger partial charge < -0.3 is 5.73 Å². The summed E-state index contributed by atoms with van der Waals surface area (Å²) in [7, 11) is -3.89. The lowest BCUT2D eigenvalue weighted by Gasteiger charge is -2.12. The molecule has 0 atom stereocenters. The molecule has 0 unspecified atom stereocenters. The Morgan fingerprint density at radius 3 is 2.26 bits per heavy atom. The summed E-state index contributed by atoms with van der Waals surface area (Å²) in [6, 6.07) is 16.6. The SMILES string of the molecule is Nc1ncc(-c2ccc3nccc(-c4ccncc4)c3c2)cc1S(=O)(=O)NCc1ccncc1. The van der Waals surface area contributed by atoms with Gasteiger partial charge in [0.1, 0.15) is 10.7 Å². The molecule has 0 radical (unpaired) electrons. The Hall–Kier alpha value is -4.21. The molecular formula is C25H20N6O2S. The van der Waals surface area contributed by atoms with E-state index in [0.29, 0.717) is 5.56 Å². The number of anilines is 1. The largest absolute Gasteiger partial charge is 0.383 e. The number of rotatable bonds is 6. The van der Waals surface area contributed by atoms with E-state index >= 15 is 0 Å². The third kappa shape index (κ3) is 4.34. The normalized spacial score (nSPS) is 11.5. The van der Waals surface area contributed by atoms with Crippen molar-refractivity contribution in [3.63, 3.8) is 0 Å². The van der Waals surface area contributed by atoms with Gasteiger partial charge in [0.05, 0.1) is 5.52 Å². The smallest absolute Gasteiger partial charge is 0.244 e. The summed E-state index contributed by atoms with van der Waals surface area (Å²) < 4.78 is 28.6. The summed E-state index contributed by atoms with van der Waals surface area (Å²) in [6.07, 6.45) is 10.0. The number of benzene rings is 1. The number of nitrogens with two attached hydrogens (primary N) is 1. The number of nitrogens with one attached hydrogen (secondary N) is 1. The highest BCUT2D eigenvalue weighted by Crippen LogP contribution is 2.32. The molecule has 5 rings (SSSR count). The summed E-state index contributed by atoms with van der Waals surface area (Å²) in [5.74, 6) is -0.0640. The van der Waals surface area contributed by atoms with Crippen LogP contribution in [0.2, 0.25) is 0 Å². The van der Waals surface area contributed by atoms with Gasteiger partial charge in [0.25, 0.3) is 0 Å². The monoisotopic (exact) mass is 468 g/mol. The molecule has 0 aliphatic rings. The van der Waals surface area contributed by atoms with Crippen LogP contribution in [0.3, 0.4) is 0 Å². The molecule has 9 heteroatoms. The minimum absolute atomic E-state index is 0.0640. The molecule has 0 aliphatic carbocycles. The van der Waals surface area contributed by atoms with Crippen molar-refractivity contribution in [1.82, 2.24) is 24.7 Å². The van der Waals surface area contributed by atoms with E-state index in [1.165, 1.54) is 0 Å². The second kappa shape index (κ2) is 8.97. The summed E-state index contributed by atoms with van der Waals surface area (Å²) in [4.78, 5) is 16.6. The Kier molecular flexibility index (Phi) is 5.70. The van der Waals surface area contributed by atoms with Gasteiger partial charge in [-0.3, -0.25) is 15.0 Å². The topological polar surface area (TPSA) is 124 Å². The Balaban J connectivity index is 1.53. The van der Waals surface area contributed by atoms with Crippen LogP contribution < -0.4 is 10.5 Å². The number of sulfonamides is 1. The van der Waals surface area contributed by atoms with Gasteiger partial charge in [-0.15, -0.1) is 0 Å².